The Bertz CT molecular complexity index is 539. The minimum Gasteiger partial charge on any atom is -0.384 e. The molecule has 0 aliphatic carbocycles. The molecule has 0 fully saturated rings. The fourth-order valence-electron chi connectivity index (χ4n) is 1.32. The number of rotatable bonds is 3. The summed E-state index contributed by atoms with van der Waals surface area (Å²) in [7, 11) is 0. The molecule has 0 radical (unpaired) electrons. The van der Waals surface area contributed by atoms with Gasteiger partial charge in [0.2, 0.25) is 0 Å². The number of nitrogens with zero attached hydrogens (tertiary/aromatic N) is 2. The van der Waals surface area contributed by atoms with E-state index >= 15 is 0 Å². The Balaban J connectivity index is 2.37. The van der Waals surface area contributed by atoms with Crippen LogP contribution in [-0.4, -0.2) is 15.8 Å². The van der Waals surface area contributed by atoms with Gasteiger partial charge in [0, 0.05) is 17.5 Å². The SMILES string of the molecule is Cc1ccc(C(=N)N)c(Sc2ccccn2)n1. The molecule has 86 valence electrons. The van der Waals surface area contributed by atoms with Crippen LogP contribution in [0.1, 0.15) is 11.3 Å². The minimum absolute atomic E-state index is 0.0240. The number of nitrogens with two attached hydrogens (primary N) is 1. The van der Waals surface area contributed by atoms with E-state index in [2.05, 4.69) is 9.97 Å². The molecule has 2 aromatic heterocycles. The van der Waals surface area contributed by atoms with Crippen LogP contribution < -0.4 is 5.73 Å². The molecule has 17 heavy (non-hydrogen) atoms. The van der Waals surface area contributed by atoms with Crippen LogP contribution in [0.2, 0.25) is 0 Å². The summed E-state index contributed by atoms with van der Waals surface area (Å²) in [5.74, 6) is 0.0240. The summed E-state index contributed by atoms with van der Waals surface area (Å²) in [6.07, 6.45) is 1.73. The van der Waals surface area contributed by atoms with E-state index in [1.54, 1.807) is 6.20 Å². The molecule has 0 saturated heterocycles. The summed E-state index contributed by atoms with van der Waals surface area (Å²) in [4.78, 5) is 8.61. The van der Waals surface area contributed by atoms with E-state index < -0.39 is 0 Å². The Kier molecular flexibility index (Phi) is 3.39. The number of nitrogens with one attached hydrogen (secondary N) is 1. The van der Waals surface area contributed by atoms with E-state index in [1.807, 2.05) is 37.3 Å². The van der Waals surface area contributed by atoms with Gasteiger partial charge in [-0.15, -0.1) is 0 Å². The van der Waals surface area contributed by atoms with E-state index in [0.29, 0.717) is 5.56 Å². The third-order valence-electron chi connectivity index (χ3n) is 2.13. The van der Waals surface area contributed by atoms with Crippen LogP contribution in [0.3, 0.4) is 0 Å². The first-order chi connectivity index (χ1) is 8.16. The molecule has 4 nitrogen and oxygen atoms in total. The second-order valence-electron chi connectivity index (χ2n) is 3.49. The number of aryl methyl sites for hydroxylation is 1. The molecule has 0 atom stereocenters. The molecule has 0 aliphatic rings. The average Bonchev–Trinajstić information content (AvgIpc) is 2.30. The topological polar surface area (TPSA) is 75.7 Å². The zero-order valence-electron chi connectivity index (χ0n) is 9.34. The Labute approximate surface area is 104 Å². The van der Waals surface area contributed by atoms with Crippen molar-refractivity contribution >= 4 is 17.6 Å². The van der Waals surface area contributed by atoms with Gasteiger partial charge in [-0.1, -0.05) is 6.07 Å². The Hall–Kier alpha value is -1.88. The Morgan fingerprint density at radius 2 is 2.12 bits per heavy atom. The van der Waals surface area contributed by atoms with Gasteiger partial charge in [-0.3, -0.25) is 5.41 Å². The zero-order valence-corrected chi connectivity index (χ0v) is 10.2. The first-order valence-electron chi connectivity index (χ1n) is 5.08. The van der Waals surface area contributed by atoms with Crippen LogP contribution in [0.5, 0.6) is 0 Å². The first kappa shape index (κ1) is 11.6. The van der Waals surface area contributed by atoms with E-state index in [4.69, 9.17) is 11.1 Å². The number of hydrogen-bond donors (Lipinski definition) is 2. The molecule has 0 unspecified atom stereocenters. The van der Waals surface area contributed by atoms with Gasteiger partial charge in [-0.2, -0.15) is 0 Å². The zero-order chi connectivity index (χ0) is 12.3. The molecule has 0 spiro atoms. The molecule has 0 aliphatic heterocycles. The predicted molar refractivity (Wildman–Crippen MR) is 68.4 cm³/mol. The van der Waals surface area contributed by atoms with Gasteiger partial charge >= 0.3 is 0 Å². The van der Waals surface area contributed by atoms with Crippen LogP contribution in [0.15, 0.2) is 46.6 Å². The molecule has 5 heteroatoms. The lowest BCUT2D eigenvalue weighted by Gasteiger charge is -2.07. The molecule has 2 heterocycles. The van der Waals surface area contributed by atoms with Crippen molar-refractivity contribution in [1.82, 2.24) is 9.97 Å². The maximum atomic E-state index is 7.52. The maximum absolute atomic E-state index is 7.52. The number of aromatic nitrogens is 2. The van der Waals surface area contributed by atoms with Gasteiger partial charge in [0.1, 0.15) is 15.9 Å². The van der Waals surface area contributed by atoms with Crippen LogP contribution in [0.25, 0.3) is 0 Å². The van der Waals surface area contributed by atoms with Crippen molar-refractivity contribution in [1.29, 1.82) is 5.41 Å². The van der Waals surface area contributed by atoms with E-state index in [1.165, 1.54) is 11.8 Å². The van der Waals surface area contributed by atoms with Crippen molar-refractivity contribution in [3.05, 3.63) is 47.8 Å². The second kappa shape index (κ2) is 4.97. The molecule has 3 N–H and O–H groups in total. The number of amidine groups is 1. The average molecular weight is 244 g/mol. The van der Waals surface area contributed by atoms with Crippen molar-refractivity contribution in [2.75, 3.05) is 0 Å². The number of nitrogen functional groups attached to an aromatic ring is 1. The van der Waals surface area contributed by atoms with Crippen LogP contribution in [0.4, 0.5) is 0 Å². The number of hydrogen-bond acceptors (Lipinski definition) is 4. The molecule has 0 amide bonds. The fourth-order valence-corrected chi connectivity index (χ4v) is 2.26. The van der Waals surface area contributed by atoms with Gasteiger partial charge in [0.05, 0.1) is 0 Å². The Morgan fingerprint density at radius 3 is 2.76 bits per heavy atom. The molecular weight excluding hydrogens is 232 g/mol. The maximum Gasteiger partial charge on any atom is 0.125 e. The second-order valence-corrected chi connectivity index (χ2v) is 4.50. The van der Waals surface area contributed by atoms with Gasteiger partial charge in [-0.25, -0.2) is 9.97 Å². The van der Waals surface area contributed by atoms with Gasteiger partial charge in [0.15, 0.2) is 0 Å². The monoisotopic (exact) mass is 244 g/mol. The Morgan fingerprint density at radius 1 is 1.29 bits per heavy atom. The predicted octanol–water partition coefficient (Wildman–Crippen LogP) is 2.22. The summed E-state index contributed by atoms with van der Waals surface area (Å²) in [5, 5.41) is 9.08. The largest absolute Gasteiger partial charge is 0.384 e. The lowest BCUT2D eigenvalue weighted by atomic mass is 10.2. The van der Waals surface area contributed by atoms with Crippen LogP contribution in [0, 0.1) is 12.3 Å². The fraction of sp³-hybridized carbons (Fsp3) is 0.0833. The third-order valence-corrected chi connectivity index (χ3v) is 3.08. The van der Waals surface area contributed by atoms with Crippen LogP contribution in [-0.2, 0) is 0 Å². The quantitative estimate of drug-likeness (QED) is 0.641. The minimum atomic E-state index is 0.0240. The highest BCUT2D eigenvalue weighted by atomic mass is 32.2. The molecule has 0 saturated carbocycles. The lowest BCUT2D eigenvalue weighted by molar-refractivity contribution is 1.04. The van der Waals surface area contributed by atoms with Gasteiger partial charge in [-0.05, 0) is 43.0 Å². The first-order valence-corrected chi connectivity index (χ1v) is 5.89. The normalized spacial score (nSPS) is 10.2. The van der Waals surface area contributed by atoms with Gasteiger partial charge < -0.3 is 5.73 Å². The smallest absolute Gasteiger partial charge is 0.125 e. The molecule has 2 rings (SSSR count). The van der Waals surface area contributed by atoms with E-state index in [-0.39, 0.29) is 5.84 Å². The van der Waals surface area contributed by atoms with E-state index in [0.717, 1.165) is 15.7 Å². The summed E-state index contributed by atoms with van der Waals surface area (Å²) < 4.78 is 0. The molecule has 0 aromatic carbocycles. The summed E-state index contributed by atoms with van der Waals surface area (Å²) >= 11 is 1.41. The highest BCUT2D eigenvalue weighted by Gasteiger charge is 2.09. The highest BCUT2D eigenvalue weighted by Crippen LogP contribution is 2.27. The lowest BCUT2D eigenvalue weighted by Crippen LogP contribution is -2.13. The summed E-state index contributed by atoms with van der Waals surface area (Å²) in [5.41, 5.74) is 7.07. The molecule has 0 bridgehead atoms. The number of pyridine rings is 2. The molecule has 2 aromatic rings. The van der Waals surface area contributed by atoms with Crippen LogP contribution >= 0.6 is 11.8 Å². The van der Waals surface area contributed by atoms with Gasteiger partial charge in [0.25, 0.3) is 0 Å². The van der Waals surface area contributed by atoms with E-state index in [9.17, 15) is 0 Å². The summed E-state index contributed by atoms with van der Waals surface area (Å²) in [6.45, 7) is 1.91. The summed E-state index contributed by atoms with van der Waals surface area (Å²) in [6, 6.07) is 9.34. The van der Waals surface area contributed by atoms with Crippen molar-refractivity contribution in [3.63, 3.8) is 0 Å². The highest BCUT2D eigenvalue weighted by molar-refractivity contribution is 7.99. The molecular formula is C12H12N4S. The third kappa shape index (κ3) is 2.82. The van der Waals surface area contributed by atoms with Crippen molar-refractivity contribution in [2.45, 2.75) is 17.0 Å². The van der Waals surface area contributed by atoms with Crippen molar-refractivity contribution in [2.24, 2.45) is 5.73 Å². The van der Waals surface area contributed by atoms with Crippen molar-refractivity contribution < 1.29 is 0 Å². The van der Waals surface area contributed by atoms with Crippen molar-refractivity contribution in [3.8, 4) is 0 Å². The standard InChI is InChI=1S/C12H12N4S/c1-8-5-6-9(11(13)14)12(16-8)17-10-4-2-3-7-15-10/h2-7H,1H3,(H3,13,14).